The second kappa shape index (κ2) is 9.84. The molecule has 0 aliphatic heterocycles. The van der Waals surface area contributed by atoms with E-state index >= 15 is 4.39 Å². The lowest BCUT2D eigenvalue weighted by Crippen LogP contribution is -2.19. The summed E-state index contributed by atoms with van der Waals surface area (Å²) in [6, 6.07) is 20.2. The van der Waals surface area contributed by atoms with Crippen molar-refractivity contribution in [2.75, 3.05) is 6.61 Å². The monoisotopic (exact) mass is 470 g/mol. The molecule has 0 bridgehead atoms. The summed E-state index contributed by atoms with van der Waals surface area (Å²) in [5, 5.41) is 1.15. The van der Waals surface area contributed by atoms with Crippen LogP contribution in [0.4, 0.5) is 22.0 Å². The number of alkyl halides is 3. The fraction of sp³-hybridized carbons (Fsp3) is 0.214. The lowest BCUT2D eigenvalue weighted by atomic mass is 9.96. The van der Waals surface area contributed by atoms with E-state index in [4.69, 9.17) is 4.74 Å². The van der Waals surface area contributed by atoms with Gasteiger partial charge in [-0.25, -0.2) is 8.78 Å². The van der Waals surface area contributed by atoms with E-state index in [1.165, 1.54) is 18.2 Å². The molecule has 0 saturated carbocycles. The van der Waals surface area contributed by atoms with Gasteiger partial charge in [0.2, 0.25) is 0 Å². The van der Waals surface area contributed by atoms with E-state index in [0.29, 0.717) is 40.3 Å². The van der Waals surface area contributed by atoms with Crippen LogP contribution in [0.15, 0.2) is 72.8 Å². The molecule has 0 aromatic heterocycles. The first-order valence-corrected chi connectivity index (χ1v) is 11.0. The van der Waals surface area contributed by atoms with Crippen molar-refractivity contribution in [1.82, 2.24) is 0 Å². The fourth-order valence-corrected chi connectivity index (χ4v) is 3.91. The van der Waals surface area contributed by atoms with Gasteiger partial charge in [-0.3, -0.25) is 0 Å². The fourth-order valence-electron chi connectivity index (χ4n) is 3.91. The van der Waals surface area contributed by atoms with E-state index in [1.54, 1.807) is 42.5 Å². The third-order valence-electron chi connectivity index (χ3n) is 5.80. The van der Waals surface area contributed by atoms with Crippen molar-refractivity contribution in [1.29, 1.82) is 0 Å². The number of rotatable bonds is 7. The number of halogens is 5. The molecule has 0 fully saturated rings. The minimum atomic E-state index is -4.39. The zero-order valence-electron chi connectivity index (χ0n) is 18.6. The predicted molar refractivity (Wildman–Crippen MR) is 124 cm³/mol. The third kappa shape index (κ3) is 5.56. The Bertz CT molecular complexity index is 1290. The second-order valence-electron chi connectivity index (χ2n) is 8.19. The maximum absolute atomic E-state index is 15.2. The highest BCUT2D eigenvalue weighted by atomic mass is 19.4. The van der Waals surface area contributed by atoms with Crippen LogP contribution >= 0.6 is 0 Å². The molecule has 0 unspecified atom stereocenters. The van der Waals surface area contributed by atoms with Crippen molar-refractivity contribution in [3.8, 4) is 16.9 Å². The summed E-state index contributed by atoms with van der Waals surface area (Å²) in [7, 11) is 0. The van der Waals surface area contributed by atoms with Crippen molar-refractivity contribution in [3.63, 3.8) is 0 Å². The van der Waals surface area contributed by atoms with Gasteiger partial charge in [0.15, 0.2) is 6.61 Å². The van der Waals surface area contributed by atoms with Crippen molar-refractivity contribution >= 4 is 10.8 Å². The first-order valence-electron chi connectivity index (χ1n) is 11.0. The number of hydrogen-bond acceptors (Lipinski definition) is 1. The molecule has 0 atom stereocenters. The molecule has 0 amide bonds. The van der Waals surface area contributed by atoms with Crippen molar-refractivity contribution in [2.24, 2.45) is 0 Å². The summed E-state index contributed by atoms with van der Waals surface area (Å²) in [5.74, 6) is -0.490. The Kier molecular flexibility index (Phi) is 6.87. The first-order chi connectivity index (χ1) is 16.2. The summed E-state index contributed by atoms with van der Waals surface area (Å²) in [6.45, 7) is 0.625. The quantitative estimate of drug-likeness (QED) is 0.248. The van der Waals surface area contributed by atoms with Crippen molar-refractivity contribution in [3.05, 3.63) is 101 Å². The van der Waals surface area contributed by atoms with Crippen LogP contribution in [0.25, 0.3) is 21.9 Å². The van der Waals surface area contributed by atoms with Gasteiger partial charge in [0.1, 0.15) is 17.4 Å². The molecule has 0 aliphatic carbocycles. The number of ether oxygens (including phenoxy) is 1. The van der Waals surface area contributed by atoms with Crippen LogP contribution in [-0.4, -0.2) is 12.8 Å². The average Bonchev–Trinajstić information content (AvgIpc) is 2.82. The first kappa shape index (κ1) is 23.7. The minimum Gasteiger partial charge on any atom is -0.484 e. The molecule has 4 aromatic carbocycles. The second-order valence-corrected chi connectivity index (χ2v) is 8.19. The molecule has 6 heteroatoms. The molecule has 1 nitrogen and oxygen atoms in total. The number of aryl methyl sites for hydroxylation is 3. The summed E-state index contributed by atoms with van der Waals surface area (Å²) in [5.41, 5.74) is 3.48. The predicted octanol–water partition coefficient (Wildman–Crippen LogP) is 8.07. The highest BCUT2D eigenvalue weighted by molar-refractivity contribution is 5.88. The van der Waals surface area contributed by atoms with Crippen molar-refractivity contribution in [2.45, 2.75) is 32.4 Å². The van der Waals surface area contributed by atoms with Gasteiger partial charge in [0.25, 0.3) is 0 Å². The minimum absolute atomic E-state index is 0.134. The van der Waals surface area contributed by atoms with E-state index in [-0.39, 0.29) is 17.4 Å². The normalized spacial score (nSPS) is 11.7. The van der Waals surface area contributed by atoms with Crippen LogP contribution in [0, 0.1) is 11.6 Å². The Morgan fingerprint density at radius 3 is 2.18 bits per heavy atom. The zero-order valence-corrected chi connectivity index (χ0v) is 18.6. The molecule has 0 spiro atoms. The highest BCUT2D eigenvalue weighted by Crippen LogP contribution is 2.30. The van der Waals surface area contributed by atoms with Gasteiger partial charge < -0.3 is 4.74 Å². The Morgan fingerprint density at radius 2 is 1.50 bits per heavy atom. The van der Waals surface area contributed by atoms with Crippen LogP contribution in [0.1, 0.15) is 23.6 Å². The highest BCUT2D eigenvalue weighted by Gasteiger charge is 2.28. The van der Waals surface area contributed by atoms with Crippen LogP contribution < -0.4 is 4.74 Å². The molecule has 34 heavy (non-hydrogen) atoms. The number of benzene rings is 4. The lowest BCUT2D eigenvalue weighted by molar-refractivity contribution is -0.153. The van der Waals surface area contributed by atoms with Crippen molar-refractivity contribution < 1.29 is 26.7 Å². The zero-order chi connectivity index (χ0) is 24.3. The molecular weight excluding hydrogens is 447 g/mol. The van der Waals surface area contributed by atoms with E-state index in [0.717, 1.165) is 17.5 Å². The van der Waals surface area contributed by atoms with Gasteiger partial charge >= 0.3 is 6.18 Å². The van der Waals surface area contributed by atoms with Crippen LogP contribution in [0.2, 0.25) is 0 Å². The molecule has 176 valence electrons. The Labute approximate surface area is 194 Å². The maximum Gasteiger partial charge on any atom is 0.422 e. The Balaban J connectivity index is 1.48. The summed E-state index contributed by atoms with van der Waals surface area (Å²) < 4.78 is 71.1. The van der Waals surface area contributed by atoms with Crippen LogP contribution in [-0.2, 0) is 19.3 Å². The summed E-state index contributed by atoms with van der Waals surface area (Å²) in [4.78, 5) is 0. The average molecular weight is 470 g/mol. The van der Waals surface area contributed by atoms with E-state index in [9.17, 15) is 17.6 Å². The lowest BCUT2D eigenvalue weighted by Gasteiger charge is -2.11. The van der Waals surface area contributed by atoms with Gasteiger partial charge in [-0.1, -0.05) is 55.5 Å². The van der Waals surface area contributed by atoms with Crippen LogP contribution in [0.3, 0.4) is 0 Å². The van der Waals surface area contributed by atoms with E-state index in [1.807, 2.05) is 19.1 Å². The molecular formula is C28H23F5O. The smallest absolute Gasteiger partial charge is 0.422 e. The Morgan fingerprint density at radius 1 is 0.765 bits per heavy atom. The molecule has 0 heterocycles. The molecule has 4 aromatic rings. The number of hydrogen-bond donors (Lipinski definition) is 0. The molecule has 0 radical (unpaired) electrons. The Hall–Kier alpha value is -3.41. The molecule has 0 N–H and O–H groups in total. The van der Waals surface area contributed by atoms with Gasteiger partial charge in [-0.15, -0.1) is 0 Å². The molecule has 0 aliphatic rings. The van der Waals surface area contributed by atoms with Gasteiger partial charge in [0.05, 0.1) is 0 Å². The SMILES string of the molecule is CCc1ccc(-c2ccc3c(F)c(CCc4ccc(OCC(F)(F)F)cc4)ccc3c2)c(F)c1. The third-order valence-corrected chi connectivity index (χ3v) is 5.80. The standard InChI is InChI=1S/C28H23F5O/c1-2-18-6-13-24(26(29)15-18)21-10-14-25-22(16-21)9-8-20(27(25)30)7-3-19-4-11-23(12-5-19)34-17-28(31,32)33/h4-6,8-16H,2-3,7,17H2,1H3. The van der Waals surface area contributed by atoms with Gasteiger partial charge in [-0.05, 0) is 71.2 Å². The molecule has 0 saturated heterocycles. The maximum atomic E-state index is 15.2. The summed E-state index contributed by atoms with van der Waals surface area (Å²) >= 11 is 0. The van der Waals surface area contributed by atoms with Crippen LogP contribution in [0.5, 0.6) is 5.75 Å². The summed E-state index contributed by atoms with van der Waals surface area (Å²) in [6.07, 6.45) is -2.69. The van der Waals surface area contributed by atoms with Gasteiger partial charge in [0, 0.05) is 10.9 Å². The largest absolute Gasteiger partial charge is 0.484 e. The number of fused-ring (bicyclic) bond motifs is 1. The van der Waals surface area contributed by atoms with Gasteiger partial charge in [-0.2, -0.15) is 13.2 Å². The van der Waals surface area contributed by atoms with E-state index < -0.39 is 12.8 Å². The van der Waals surface area contributed by atoms with E-state index in [2.05, 4.69) is 0 Å². The topological polar surface area (TPSA) is 9.23 Å². The molecule has 4 rings (SSSR count).